The Morgan fingerprint density at radius 1 is 1.33 bits per heavy atom. The summed E-state index contributed by atoms with van der Waals surface area (Å²) in [4.78, 5) is 3.55. The third kappa shape index (κ3) is 6.86. The Labute approximate surface area is 106 Å². The molecule has 0 aromatic rings. The minimum atomic E-state index is -2.42. The van der Waals surface area contributed by atoms with Gasteiger partial charge in [-0.1, -0.05) is 19.3 Å². The first-order valence-electron chi connectivity index (χ1n) is 5.03. The molecule has 0 amide bonds. The predicted octanol–water partition coefficient (Wildman–Crippen LogP) is 2.11. The van der Waals surface area contributed by atoms with Crippen LogP contribution >= 0.6 is 24.0 Å². The van der Waals surface area contributed by atoms with Gasteiger partial charge >= 0.3 is 0 Å². The molecule has 0 saturated heterocycles. The van der Waals surface area contributed by atoms with E-state index in [1.54, 1.807) is 0 Å². The maximum absolute atomic E-state index is 11.8. The molecule has 3 N–H and O–H groups in total. The summed E-state index contributed by atoms with van der Waals surface area (Å²) >= 11 is 0. The topological polar surface area (TPSA) is 50.4 Å². The smallest absolute Gasteiger partial charge is 0.257 e. The van der Waals surface area contributed by atoms with Crippen LogP contribution in [0.15, 0.2) is 4.99 Å². The molecule has 0 radical (unpaired) electrons. The second-order valence-corrected chi connectivity index (χ2v) is 3.60. The van der Waals surface area contributed by atoms with Crippen molar-refractivity contribution in [2.75, 3.05) is 6.54 Å². The minimum Gasteiger partial charge on any atom is -0.370 e. The minimum absolute atomic E-state index is 0. The van der Waals surface area contributed by atoms with E-state index in [1.807, 2.05) is 0 Å². The number of guanidine groups is 1. The van der Waals surface area contributed by atoms with Crippen LogP contribution in [0.2, 0.25) is 0 Å². The van der Waals surface area contributed by atoms with Crippen LogP contribution in [0.4, 0.5) is 8.78 Å². The Bertz CT molecular complexity index is 194. The Hall–Kier alpha value is -0.140. The van der Waals surface area contributed by atoms with Gasteiger partial charge in [-0.25, -0.2) is 13.8 Å². The second kappa shape index (κ2) is 8.06. The fourth-order valence-corrected chi connectivity index (χ4v) is 1.67. The molecule has 1 aliphatic carbocycles. The van der Waals surface area contributed by atoms with Gasteiger partial charge in [0.2, 0.25) is 0 Å². The van der Waals surface area contributed by atoms with Crippen molar-refractivity contribution in [3.63, 3.8) is 0 Å². The van der Waals surface area contributed by atoms with E-state index >= 15 is 0 Å². The zero-order valence-electron chi connectivity index (χ0n) is 8.59. The summed E-state index contributed by atoms with van der Waals surface area (Å²) in [5.74, 6) is 0.150. The molecule has 15 heavy (non-hydrogen) atoms. The third-order valence-corrected chi connectivity index (χ3v) is 2.36. The monoisotopic (exact) mass is 333 g/mol. The highest BCUT2D eigenvalue weighted by Crippen LogP contribution is 2.16. The average molecular weight is 333 g/mol. The number of nitrogens with one attached hydrogen (secondary N) is 1. The second-order valence-electron chi connectivity index (χ2n) is 3.60. The molecule has 0 spiro atoms. The van der Waals surface area contributed by atoms with Crippen LogP contribution < -0.4 is 11.1 Å². The third-order valence-electron chi connectivity index (χ3n) is 2.36. The van der Waals surface area contributed by atoms with Crippen LogP contribution in [-0.2, 0) is 0 Å². The van der Waals surface area contributed by atoms with Crippen molar-refractivity contribution >= 4 is 29.9 Å². The zero-order chi connectivity index (χ0) is 10.4. The summed E-state index contributed by atoms with van der Waals surface area (Å²) in [6, 6.07) is 0.324. The van der Waals surface area contributed by atoms with Gasteiger partial charge in [-0.05, 0) is 12.8 Å². The fraction of sp³-hybridized carbons (Fsp3) is 0.889. The number of nitrogens with two attached hydrogens (primary N) is 1. The first kappa shape index (κ1) is 14.9. The van der Waals surface area contributed by atoms with Crippen LogP contribution in [0.3, 0.4) is 0 Å². The van der Waals surface area contributed by atoms with Crippen molar-refractivity contribution in [1.82, 2.24) is 5.32 Å². The average Bonchev–Trinajstić information content (AvgIpc) is 2.16. The Morgan fingerprint density at radius 2 is 1.93 bits per heavy atom. The van der Waals surface area contributed by atoms with E-state index in [9.17, 15) is 8.78 Å². The lowest BCUT2D eigenvalue weighted by Crippen LogP contribution is -2.41. The van der Waals surface area contributed by atoms with Crippen LogP contribution in [0.25, 0.3) is 0 Å². The molecular weight excluding hydrogens is 315 g/mol. The van der Waals surface area contributed by atoms with Gasteiger partial charge in [-0.3, -0.25) is 0 Å². The van der Waals surface area contributed by atoms with E-state index in [1.165, 1.54) is 19.3 Å². The molecule has 0 atom stereocenters. The van der Waals surface area contributed by atoms with Crippen LogP contribution in [0, 0.1) is 0 Å². The van der Waals surface area contributed by atoms with Crippen molar-refractivity contribution in [2.45, 2.75) is 44.6 Å². The van der Waals surface area contributed by atoms with Crippen molar-refractivity contribution in [2.24, 2.45) is 10.7 Å². The van der Waals surface area contributed by atoms with Crippen molar-refractivity contribution < 1.29 is 8.78 Å². The number of hydrogen-bond donors (Lipinski definition) is 2. The summed E-state index contributed by atoms with van der Waals surface area (Å²) in [6.45, 7) is -0.508. The normalized spacial score (nSPS) is 18.7. The van der Waals surface area contributed by atoms with Crippen molar-refractivity contribution in [3.8, 4) is 0 Å². The van der Waals surface area contributed by atoms with Gasteiger partial charge in [0, 0.05) is 6.04 Å². The molecular formula is C9H18F2IN3. The molecule has 1 saturated carbocycles. The molecule has 6 heteroatoms. The predicted molar refractivity (Wildman–Crippen MR) is 67.9 cm³/mol. The molecule has 0 bridgehead atoms. The van der Waals surface area contributed by atoms with Gasteiger partial charge < -0.3 is 11.1 Å². The number of hydrogen-bond acceptors (Lipinski definition) is 1. The van der Waals surface area contributed by atoms with E-state index in [4.69, 9.17) is 5.73 Å². The standard InChI is InChI=1S/C9H17F2N3.HI/c10-8(11)6-13-9(12)14-7-4-2-1-3-5-7;/h7-8H,1-6H2,(H3,12,13,14);1H. The van der Waals surface area contributed by atoms with Crippen molar-refractivity contribution in [1.29, 1.82) is 0 Å². The quantitative estimate of drug-likeness (QED) is 0.472. The molecule has 3 nitrogen and oxygen atoms in total. The number of aliphatic imine (C=N–C) groups is 1. The van der Waals surface area contributed by atoms with Gasteiger partial charge in [0.1, 0.15) is 6.54 Å². The molecule has 0 unspecified atom stereocenters. The summed E-state index contributed by atoms with van der Waals surface area (Å²) in [5.41, 5.74) is 5.46. The molecule has 1 rings (SSSR count). The van der Waals surface area contributed by atoms with E-state index in [0.717, 1.165) is 12.8 Å². The maximum Gasteiger partial charge on any atom is 0.257 e. The van der Waals surface area contributed by atoms with Gasteiger partial charge in [0.05, 0.1) is 0 Å². The highest BCUT2D eigenvalue weighted by atomic mass is 127. The molecule has 90 valence electrons. The van der Waals surface area contributed by atoms with Gasteiger partial charge in [-0.2, -0.15) is 0 Å². The van der Waals surface area contributed by atoms with Crippen LogP contribution in [0.5, 0.6) is 0 Å². The number of rotatable bonds is 3. The SMILES string of the molecule is I.NC(=NCC(F)F)NC1CCCCC1. The summed E-state index contributed by atoms with van der Waals surface area (Å²) < 4.78 is 23.6. The maximum atomic E-state index is 11.8. The van der Waals surface area contributed by atoms with E-state index in [2.05, 4.69) is 10.3 Å². The van der Waals surface area contributed by atoms with Crippen LogP contribution in [-0.4, -0.2) is 25.0 Å². The number of alkyl halides is 2. The molecule has 0 heterocycles. The Morgan fingerprint density at radius 3 is 2.47 bits per heavy atom. The zero-order valence-corrected chi connectivity index (χ0v) is 10.9. The van der Waals surface area contributed by atoms with Crippen LogP contribution in [0.1, 0.15) is 32.1 Å². The number of nitrogens with zero attached hydrogens (tertiary/aromatic N) is 1. The molecule has 1 fully saturated rings. The lowest BCUT2D eigenvalue weighted by atomic mass is 9.96. The molecule has 1 aliphatic rings. The highest BCUT2D eigenvalue weighted by Gasteiger charge is 2.13. The Kier molecular flexibility index (Phi) is 7.99. The first-order valence-corrected chi connectivity index (χ1v) is 5.03. The lowest BCUT2D eigenvalue weighted by Gasteiger charge is -2.23. The summed E-state index contributed by atoms with van der Waals surface area (Å²) in [6.07, 6.45) is 3.32. The lowest BCUT2D eigenvalue weighted by molar-refractivity contribution is 0.158. The summed E-state index contributed by atoms with van der Waals surface area (Å²) in [7, 11) is 0. The van der Waals surface area contributed by atoms with E-state index in [0.29, 0.717) is 6.04 Å². The molecule has 0 aliphatic heterocycles. The van der Waals surface area contributed by atoms with E-state index in [-0.39, 0.29) is 29.9 Å². The Balaban J connectivity index is 0.00000196. The van der Waals surface area contributed by atoms with E-state index < -0.39 is 13.0 Å². The number of halogens is 3. The molecule has 0 aromatic carbocycles. The first-order chi connectivity index (χ1) is 6.68. The molecule has 0 aromatic heterocycles. The van der Waals surface area contributed by atoms with Gasteiger partial charge in [0.15, 0.2) is 5.96 Å². The highest BCUT2D eigenvalue weighted by molar-refractivity contribution is 14.0. The fourth-order valence-electron chi connectivity index (χ4n) is 1.67. The summed E-state index contributed by atoms with van der Waals surface area (Å²) in [5, 5.41) is 2.97. The van der Waals surface area contributed by atoms with Gasteiger partial charge in [0.25, 0.3) is 6.43 Å². The largest absolute Gasteiger partial charge is 0.370 e. The van der Waals surface area contributed by atoms with Gasteiger partial charge in [-0.15, -0.1) is 24.0 Å². The van der Waals surface area contributed by atoms with Crippen molar-refractivity contribution in [3.05, 3.63) is 0 Å².